The third-order valence-electron chi connectivity index (χ3n) is 2.02. The van der Waals surface area contributed by atoms with E-state index in [1.165, 1.54) is 5.57 Å². The Balaban J connectivity index is 2.24. The SMILES string of the molecule is Brc1ccc(C2=CCOCC2)nc1. The predicted molar refractivity (Wildman–Crippen MR) is 55.4 cm³/mol. The van der Waals surface area contributed by atoms with Crippen LogP contribution in [0.3, 0.4) is 0 Å². The van der Waals surface area contributed by atoms with Crippen molar-refractivity contribution in [1.29, 1.82) is 0 Å². The Morgan fingerprint density at radius 1 is 1.38 bits per heavy atom. The van der Waals surface area contributed by atoms with Crippen LogP contribution in [0, 0.1) is 0 Å². The fourth-order valence-corrected chi connectivity index (χ4v) is 1.56. The summed E-state index contributed by atoms with van der Waals surface area (Å²) in [6, 6.07) is 4.04. The van der Waals surface area contributed by atoms with Gasteiger partial charge in [-0.2, -0.15) is 0 Å². The normalized spacial score (nSPS) is 16.8. The van der Waals surface area contributed by atoms with Gasteiger partial charge in [-0.3, -0.25) is 4.98 Å². The third kappa shape index (κ3) is 2.17. The van der Waals surface area contributed by atoms with E-state index in [1.807, 2.05) is 18.3 Å². The molecule has 1 aromatic rings. The zero-order valence-corrected chi connectivity index (χ0v) is 8.75. The molecule has 0 bridgehead atoms. The van der Waals surface area contributed by atoms with Gasteiger partial charge in [-0.1, -0.05) is 6.08 Å². The van der Waals surface area contributed by atoms with E-state index in [4.69, 9.17) is 4.74 Å². The minimum absolute atomic E-state index is 0.715. The average molecular weight is 240 g/mol. The minimum Gasteiger partial charge on any atom is -0.377 e. The molecule has 0 aliphatic carbocycles. The topological polar surface area (TPSA) is 22.1 Å². The Morgan fingerprint density at radius 2 is 2.31 bits per heavy atom. The van der Waals surface area contributed by atoms with Crippen LogP contribution in [0.2, 0.25) is 0 Å². The Kier molecular flexibility index (Phi) is 2.76. The molecule has 0 saturated carbocycles. The summed E-state index contributed by atoms with van der Waals surface area (Å²) in [6.45, 7) is 1.52. The van der Waals surface area contributed by atoms with Gasteiger partial charge in [0.25, 0.3) is 0 Å². The monoisotopic (exact) mass is 239 g/mol. The molecular weight excluding hydrogens is 230 g/mol. The zero-order chi connectivity index (χ0) is 9.10. The van der Waals surface area contributed by atoms with E-state index >= 15 is 0 Å². The Hall–Kier alpha value is -0.670. The van der Waals surface area contributed by atoms with E-state index < -0.39 is 0 Å². The highest BCUT2D eigenvalue weighted by Gasteiger charge is 2.06. The van der Waals surface area contributed by atoms with Gasteiger partial charge >= 0.3 is 0 Å². The number of hydrogen-bond donors (Lipinski definition) is 0. The van der Waals surface area contributed by atoms with Crippen molar-refractivity contribution in [2.45, 2.75) is 6.42 Å². The zero-order valence-electron chi connectivity index (χ0n) is 7.16. The molecule has 0 fully saturated rings. The molecule has 0 unspecified atom stereocenters. The van der Waals surface area contributed by atoms with E-state index in [9.17, 15) is 0 Å². The second-order valence-electron chi connectivity index (χ2n) is 2.92. The summed E-state index contributed by atoms with van der Waals surface area (Å²) in [5.74, 6) is 0. The van der Waals surface area contributed by atoms with Crippen LogP contribution in [-0.4, -0.2) is 18.2 Å². The molecule has 1 aliphatic heterocycles. The molecule has 0 N–H and O–H groups in total. The lowest BCUT2D eigenvalue weighted by Gasteiger charge is -2.12. The maximum Gasteiger partial charge on any atom is 0.0660 e. The summed E-state index contributed by atoms with van der Waals surface area (Å²) in [5, 5.41) is 0. The summed E-state index contributed by atoms with van der Waals surface area (Å²) in [6.07, 6.45) is 4.89. The van der Waals surface area contributed by atoms with Gasteiger partial charge in [-0.25, -0.2) is 0 Å². The van der Waals surface area contributed by atoms with Crippen LogP contribution in [0.5, 0.6) is 0 Å². The number of aromatic nitrogens is 1. The van der Waals surface area contributed by atoms with Gasteiger partial charge in [0, 0.05) is 10.7 Å². The smallest absolute Gasteiger partial charge is 0.0660 e. The third-order valence-corrected chi connectivity index (χ3v) is 2.49. The highest BCUT2D eigenvalue weighted by Crippen LogP contribution is 2.20. The molecule has 0 saturated heterocycles. The number of ether oxygens (including phenoxy) is 1. The van der Waals surface area contributed by atoms with Crippen molar-refractivity contribution in [2.24, 2.45) is 0 Å². The maximum atomic E-state index is 5.23. The number of nitrogens with zero attached hydrogens (tertiary/aromatic N) is 1. The first-order valence-electron chi connectivity index (χ1n) is 4.25. The van der Waals surface area contributed by atoms with Crippen molar-refractivity contribution >= 4 is 21.5 Å². The molecule has 0 atom stereocenters. The Labute approximate surface area is 85.8 Å². The lowest BCUT2D eigenvalue weighted by molar-refractivity contribution is 0.161. The molecule has 0 spiro atoms. The molecule has 1 aliphatic rings. The standard InChI is InChI=1S/C10H10BrNO/c11-9-1-2-10(12-7-9)8-3-5-13-6-4-8/h1-3,7H,4-6H2. The fraction of sp³-hybridized carbons (Fsp3) is 0.300. The maximum absolute atomic E-state index is 5.23. The largest absolute Gasteiger partial charge is 0.377 e. The highest BCUT2D eigenvalue weighted by molar-refractivity contribution is 9.10. The summed E-state index contributed by atoms with van der Waals surface area (Å²) >= 11 is 3.36. The van der Waals surface area contributed by atoms with E-state index in [0.29, 0.717) is 6.61 Å². The van der Waals surface area contributed by atoms with Crippen LogP contribution in [0.15, 0.2) is 28.9 Å². The van der Waals surface area contributed by atoms with Crippen molar-refractivity contribution in [3.8, 4) is 0 Å². The number of rotatable bonds is 1. The summed E-state index contributed by atoms with van der Waals surface area (Å²) < 4.78 is 6.25. The molecule has 2 nitrogen and oxygen atoms in total. The van der Waals surface area contributed by atoms with Gasteiger partial charge < -0.3 is 4.74 Å². The molecule has 1 aromatic heterocycles. The molecule has 3 heteroatoms. The predicted octanol–water partition coefficient (Wildman–Crippen LogP) is 2.65. The van der Waals surface area contributed by atoms with Gasteiger partial charge in [-0.05, 0) is 40.1 Å². The summed E-state index contributed by atoms with van der Waals surface area (Å²) in [5.41, 5.74) is 2.35. The van der Waals surface area contributed by atoms with E-state index in [0.717, 1.165) is 23.2 Å². The van der Waals surface area contributed by atoms with Gasteiger partial charge in [-0.15, -0.1) is 0 Å². The molecule has 68 valence electrons. The first-order chi connectivity index (χ1) is 6.36. The van der Waals surface area contributed by atoms with Crippen molar-refractivity contribution in [3.63, 3.8) is 0 Å². The van der Waals surface area contributed by atoms with Gasteiger partial charge in [0.05, 0.1) is 18.9 Å². The first-order valence-corrected chi connectivity index (χ1v) is 5.04. The van der Waals surface area contributed by atoms with Crippen LogP contribution >= 0.6 is 15.9 Å². The van der Waals surface area contributed by atoms with Crippen molar-refractivity contribution in [1.82, 2.24) is 4.98 Å². The van der Waals surface area contributed by atoms with Crippen molar-refractivity contribution in [2.75, 3.05) is 13.2 Å². The molecule has 13 heavy (non-hydrogen) atoms. The number of hydrogen-bond acceptors (Lipinski definition) is 2. The molecular formula is C10H10BrNO. The van der Waals surface area contributed by atoms with Gasteiger partial charge in [0.2, 0.25) is 0 Å². The van der Waals surface area contributed by atoms with E-state index in [1.54, 1.807) is 0 Å². The van der Waals surface area contributed by atoms with Crippen LogP contribution in [-0.2, 0) is 4.74 Å². The van der Waals surface area contributed by atoms with Crippen LogP contribution in [0.1, 0.15) is 12.1 Å². The molecule has 0 aromatic carbocycles. The Bertz CT molecular complexity index is 318. The van der Waals surface area contributed by atoms with Crippen molar-refractivity contribution < 1.29 is 4.74 Å². The van der Waals surface area contributed by atoms with Crippen LogP contribution in [0.4, 0.5) is 0 Å². The summed E-state index contributed by atoms with van der Waals surface area (Å²) in [4.78, 5) is 4.33. The molecule has 0 radical (unpaired) electrons. The molecule has 2 rings (SSSR count). The fourth-order valence-electron chi connectivity index (χ4n) is 1.33. The Morgan fingerprint density at radius 3 is 2.92 bits per heavy atom. The first kappa shape index (κ1) is 8.91. The lowest BCUT2D eigenvalue weighted by Crippen LogP contribution is -2.04. The van der Waals surface area contributed by atoms with E-state index in [2.05, 4.69) is 27.0 Å². The number of halogens is 1. The quantitative estimate of drug-likeness (QED) is 0.752. The molecule has 0 amide bonds. The van der Waals surface area contributed by atoms with Gasteiger partial charge in [0.1, 0.15) is 0 Å². The number of pyridine rings is 1. The van der Waals surface area contributed by atoms with Gasteiger partial charge in [0.15, 0.2) is 0 Å². The minimum atomic E-state index is 0.715. The average Bonchev–Trinajstić information content (AvgIpc) is 2.20. The highest BCUT2D eigenvalue weighted by atomic mass is 79.9. The lowest BCUT2D eigenvalue weighted by atomic mass is 10.1. The van der Waals surface area contributed by atoms with Crippen molar-refractivity contribution in [3.05, 3.63) is 34.6 Å². The van der Waals surface area contributed by atoms with Crippen LogP contribution < -0.4 is 0 Å². The second kappa shape index (κ2) is 4.03. The summed E-state index contributed by atoms with van der Waals surface area (Å²) in [7, 11) is 0. The second-order valence-corrected chi connectivity index (χ2v) is 3.83. The van der Waals surface area contributed by atoms with E-state index in [-0.39, 0.29) is 0 Å². The van der Waals surface area contributed by atoms with Crippen LogP contribution in [0.25, 0.3) is 5.57 Å². The molecule has 2 heterocycles.